The Balaban J connectivity index is 1.95. The van der Waals surface area contributed by atoms with Crippen LogP contribution in [0.1, 0.15) is 11.7 Å². The van der Waals surface area contributed by atoms with Gasteiger partial charge >= 0.3 is 6.18 Å². The lowest BCUT2D eigenvalue weighted by atomic mass is 9.96. The first-order valence-corrected chi connectivity index (χ1v) is 8.75. The molecule has 4 aromatic rings. The molecule has 0 bridgehead atoms. The van der Waals surface area contributed by atoms with Crippen molar-refractivity contribution < 1.29 is 23.4 Å². The number of pyridine rings is 1. The number of hydrogen-bond acceptors (Lipinski definition) is 4. The number of aliphatic hydroxyl groups is 1. The first kappa shape index (κ1) is 17.6. The maximum absolute atomic E-state index is 12.7. The summed E-state index contributed by atoms with van der Waals surface area (Å²) in [6.45, 7) is 0. The van der Waals surface area contributed by atoms with Gasteiger partial charge in [0.25, 0.3) is 5.56 Å². The fourth-order valence-corrected chi connectivity index (χ4v) is 3.95. The summed E-state index contributed by atoms with van der Waals surface area (Å²) in [5.41, 5.74) is 0.849. The highest BCUT2D eigenvalue weighted by atomic mass is 32.1. The second-order valence-electron chi connectivity index (χ2n) is 6.07. The molecular formula is C19H12F3NO3S. The van der Waals surface area contributed by atoms with Gasteiger partial charge in [-0.25, -0.2) is 0 Å². The molecule has 0 aliphatic carbocycles. The lowest BCUT2D eigenvalue weighted by molar-refractivity contribution is -0.206. The summed E-state index contributed by atoms with van der Waals surface area (Å²) in [5, 5.41) is 22.8. The number of halogens is 3. The van der Waals surface area contributed by atoms with Crippen molar-refractivity contribution in [2.45, 2.75) is 12.3 Å². The second kappa shape index (κ2) is 6.11. The molecule has 0 fully saturated rings. The maximum Gasteiger partial charge on any atom is 0.418 e. The molecule has 0 saturated carbocycles. The number of rotatable bonds is 2. The lowest BCUT2D eigenvalue weighted by Crippen LogP contribution is -2.19. The molecule has 1 atom stereocenters. The quantitative estimate of drug-likeness (QED) is 0.463. The largest absolute Gasteiger partial charge is 0.507 e. The molecule has 2 aromatic carbocycles. The van der Waals surface area contributed by atoms with Crippen LogP contribution < -0.4 is 5.56 Å². The predicted octanol–water partition coefficient (Wildman–Crippen LogP) is 4.71. The standard InChI is InChI=1S/C19H12F3NO3S/c20-19(21,22)17(25)10-3-1-9(2-4-10)14-13(24)6-5-12-15(14)11-7-8-27-16(11)18(26)23-12/h1-8,17,24-25H,(H,23,26). The number of nitrogens with one attached hydrogen (secondary N) is 1. The molecule has 0 saturated heterocycles. The molecule has 0 spiro atoms. The van der Waals surface area contributed by atoms with Crippen molar-refractivity contribution in [1.29, 1.82) is 0 Å². The van der Waals surface area contributed by atoms with Crippen LogP contribution in [0.15, 0.2) is 52.6 Å². The summed E-state index contributed by atoms with van der Waals surface area (Å²) in [7, 11) is 0. The van der Waals surface area contributed by atoms with Gasteiger partial charge in [0.2, 0.25) is 0 Å². The molecule has 1 unspecified atom stereocenters. The summed E-state index contributed by atoms with van der Waals surface area (Å²) in [4.78, 5) is 14.9. The number of hydrogen-bond donors (Lipinski definition) is 3. The van der Waals surface area contributed by atoms with E-state index >= 15 is 0 Å². The van der Waals surface area contributed by atoms with Crippen molar-refractivity contribution in [3.63, 3.8) is 0 Å². The Labute approximate surface area is 154 Å². The number of aromatic nitrogens is 1. The van der Waals surface area contributed by atoms with Gasteiger partial charge in [0.05, 0.1) is 0 Å². The lowest BCUT2D eigenvalue weighted by Gasteiger charge is -2.16. The van der Waals surface area contributed by atoms with Crippen molar-refractivity contribution in [2.75, 3.05) is 0 Å². The summed E-state index contributed by atoms with van der Waals surface area (Å²) >= 11 is 1.26. The smallest absolute Gasteiger partial charge is 0.418 e. The normalized spacial score (nSPS) is 13.3. The van der Waals surface area contributed by atoms with Crippen LogP contribution in [-0.4, -0.2) is 21.4 Å². The van der Waals surface area contributed by atoms with Crippen molar-refractivity contribution >= 4 is 32.3 Å². The molecule has 0 aliphatic rings. The first-order chi connectivity index (χ1) is 12.8. The van der Waals surface area contributed by atoms with Crippen LogP contribution in [0.25, 0.3) is 32.1 Å². The number of benzene rings is 2. The molecule has 3 N–H and O–H groups in total. The molecule has 0 aliphatic heterocycles. The highest BCUT2D eigenvalue weighted by Gasteiger charge is 2.39. The van der Waals surface area contributed by atoms with Gasteiger partial charge in [-0.1, -0.05) is 24.3 Å². The van der Waals surface area contributed by atoms with Crippen LogP contribution in [0.3, 0.4) is 0 Å². The monoisotopic (exact) mass is 391 g/mol. The number of fused-ring (bicyclic) bond motifs is 3. The van der Waals surface area contributed by atoms with E-state index in [0.29, 0.717) is 32.1 Å². The molecule has 4 rings (SSSR count). The minimum Gasteiger partial charge on any atom is -0.507 e. The maximum atomic E-state index is 12.7. The molecule has 2 heterocycles. The number of thiophene rings is 1. The average molecular weight is 391 g/mol. The van der Waals surface area contributed by atoms with Crippen molar-refractivity contribution in [3.05, 3.63) is 63.8 Å². The highest BCUT2D eigenvalue weighted by molar-refractivity contribution is 7.17. The molecular weight excluding hydrogens is 379 g/mol. The Morgan fingerprint density at radius 2 is 1.74 bits per heavy atom. The fraction of sp³-hybridized carbons (Fsp3) is 0.105. The van der Waals surface area contributed by atoms with E-state index < -0.39 is 12.3 Å². The summed E-state index contributed by atoms with van der Waals surface area (Å²) < 4.78 is 38.6. The van der Waals surface area contributed by atoms with Crippen molar-refractivity contribution in [2.24, 2.45) is 0 Å². The zero-order valence-corrected chi connectivity index (χ0v) is 14.4. The molecule has 0 amide bonds. The summed E-state index contributed by atoms with van der Waals surface area (Å²) in [6, 6.07) is 9.91. The Kier molecular flexibility index (Phi) is 3.97. The molecule has 138 valence electrons. The number of aromatic amines is 1. The van der Waals surface area contributed by atoms with E-state index in [9.17, 15) is 28.2 Å². The van der Waals surface area contributed by atoms with E-state index in [-0.39, 0.29) is 16.9 Å². The zero-order chi connectivity index (χ0) is 19.3. The van der Waals surface area contributed by atoms with Gasteiger partial charge < -0.3 is 15.2 Å². The number of alkyl halides is 3. The number of aliphatic hydroxyl groups excluding tert-OH is 1. The first-order valence-electron chi connectivity index (χ1n) is 7.87. The van der Waals surface area contributed by atoms with Crippen LogP contribution in [0.4, 0.5) is 13.2 Å². The van der Waals surface area contributed by atoms with Crippen LogP contribution in [0.2, 0.25) is 0 Å². The van der Waals surface area contributed by atoms with E-state index in [1.165, 1.54) is 41.7 Å². The number of phenolic OH excluding ortho intramolecular Hbond substituents is 1. The molecule has 0 radical (unpaired) electrons. The number of phenols is 1. The molecule has 27 heavy (non-hydrogen) atoms. The van der Waals surface area contributed by atoms with Gasteiger partial charge in [0, 0.05) is 21.9 Å². The minimum atomic E-state index is -4.76. The Morgan fingerprint density at radius 3 is 2.41 bits per heavy atom. The number of aromatic hydroxyl groups is 1. The van der Waals surface area contributed by atoms with Crippen molar-refractivity contribution in [1.82, 2.24) is 4.98 Å². The van der Waals surface area contributed by atoms with Crippen LogP contribution in [-0.2, 0) is 0 Å². The summed E-state index contributed by atoms with van der Waals surface area (Å²) in [6.07, 6.45) is -7.33. The highest BCUT2D eigenvalue weighted by Crippen LogP contribution is 2.40. The molecule has 8 heteroatoms. The average Bonchev–Trinajstić information content (AvgIpc) is 3.12. The SMILES string of the molecule is O=c1[nH]c2ccc(O)c(-c3ccc(C(O)C(F)(F)F)cc3)c2c2ccsc12. The third-order valence-electron chi connectivity index (χ3n) is 4.40. The van der Waals surface area contributed by atoms with E-state index in [1.54, 1.807) is 17.5 Å². The van der Waals surface area contributed by atoms with Gasteiger partial charge in [-0.2, -0.15) is 13.2 Å². The Bertz CT molecular complexity index is 1210. The topological polar surface area (TPSA) is 73.3 Å². The van der Waals surface area contributed by atoms with Gasteiger partial charge in [0.15, 0.2) is 6.10 Å². The molecule has 2 aromatic heterocycles. The third kappa shape index (κ3) is 2.87. The van der Waals surface area contributed by atoms with Gasteiger partial charge in [-0.3, -0.25) is 4.79 Å². The van der Waals surface area contributed by atoms with Crippen LogP contribution in [0.5, 0.6) is 5.75 Å². The fourth-order valence-electron chi connectivity index (χ4n) is 3.15. The predicted molar refractivity (Wildman–Crippen MR) is 98.1 cm³/mol. The van der Waals surface area contributed by atoms with Gasteiger partial charge in [-0.15, -0.1) is 11.3 Å². The van der Waals surface area contributed by atoms with Gasteiger partial charge in [0.1, 0.15) is 10.4 Å². The van der Waals surface area contributed by atoms with E-state index in [1.807, 2.05) is 0 Å². The van der Waals surface area contributed by atoms with Crippen LogP contribution in [0, 0.1) is 0 Å². The van der Waals surface area contributed by atoms with E-state index in [2.05, 4.69) is 4.98 Å². The minimum absolute atomic E-state index is 0.0637. The van der Waals surface area contributed by atoms with E-state index in [4.69, 9.17) is 0 Å². The van der Waals surface area contributed by atoms with Crippen LogP contribution >= 0.6 is 11.3 Å². The Hall–Kier alpha value is -2.84. The van der Waals surface area contributed by atoms with Crippen molar-refractivity contribution in [3.8, 4) is 16.9 Å². The summed E-state index contributed by atoms with van der Waals surface area (Å²) in [5.74, 6) is -0.0637. The zero-order valence-electron chi connectivity index (χ0n) is 13.5. The molecule has 4 nitrogen and oxygen atoms in total. The number of H-pyrrole nitrogens is 1. The third-order valence-corrected chi connectivity index (χ3v) is 5.31. The van der Waals surface area contributed by atoms with Gasteiger partial charge in [-0.05, 0) is 34.7 Å². The Morgan fingerprint density at radius 1 is 1.04 bits per heavy atom. The second-order valence-corrected chi connectivity index (χ2v) is 6.98. The van der Waals surface area contributed by atoms with E-state index in [0.717, 1.165) is 0 Å².